The monoisotopic (exact) mass is 489 g/mol. The molecule has 1 amide bonds. The highest BCUT2D eigenvalue weighted by atomic mass is 32.2. The Labute approximate surface area is 196 Å². The predicted octanol–water partition coefficient (Wildman–Crippen LogP) is 3.79. The van der Waals surface area contributed by atoms with E-state index in [2.05, 4.69) is 20.5 Å². The maximum Gasteiger partial charge on any atom is 0.242 e. The van der Waals surface area contributed by atoms with E-state index in [1.807, 2.05) is 0 Å². The van der Waals surface area contributed by atoms with E-state index < -0.39 is 15.3 Å². The average Bonchev–Trinajstić information content (AvgIpc) is 3.21. The van der Waals surface area contributed by atoms with Crippen molar-refractivity contribution in [2.45, 2.75) is 29.1 Å². The Hall–Kier alpha value is -3.02. The number of nitrogens with zero attached hydrogens (tertiary/aromatic N) is 3. The molecular formula is C22H24FN5O3S2. The summed E-state index contributed by atoms with van der Waals surface area (Å²) in [6, 6.07) is 10.6. The van der Waals surface area contributed by atoms with Gasteiger partial charge in [0.1, 0.15) is 11.6 Å². The lowest BCUT2D eigenvalue weighted by atomic mass is 10.2. The molecule has 8 nitrogen and oxygen atoms in total. The topological polar surface area (TPSA) is 108 Å². The van der Waals surface area contributed by atoms with E-state index >= 15 is 0 Å². The quantitative estimate of drug-likeness (QED) is 0.466. The summed E-state index contributed by atoms with van der Waals surface area (Å²) in [5, 5.41) is 9.52. The Morgan fingerprint density at radius 1 is 1.18 bits per heavy atom. The average molecular weight is 490 g/mol. The van der Waals surface area contributed by atoms with Gasteiger partial charge in [0, 0.05) is 19.8 Å². The lowest BCUT2D eigenvalue weighted by Crippen LogP contribution is -2.24. The van der Waals surface area contributed by atoms with Gasteiger partial charge in [-0.05, 0) is 55.3 Å². The second-order valence-corrected chi connectivity index (χ2v) is 10.9. The molecule has 11 heteroatoms. The molecule has 0 saturated carbocycles. The third-order valence-corrected chi connectivity index (χ3v) is 7.45. The van der Waals surface area contributed by atoms with Gasteiger partial charge in [-0.15, -0.1) is 5.10 Å². The van der Waals surface area contributed by atoms with Crippen LogP contribution in [0.4, 0.5) is 10.1 Å². The minimum absolute atomic E-state index is 0.0975. The number of hydrogen-bond donors (Lipinski definition) is 2. The number of rotatable bonds is 8. The molecule has 1 atom stereocenters. The van der Waals surface area contributed by atoms with Gasteiger partial charge in [0.2, 0.25) is 21.1 Å². The fourth-order valence-electron chi connectivity index (χ4n) is 2.69. The maximum absolute atomic E-state index is 13.0. The molecule has 0 spiro atoms. The first kappa shape index (κ1) is 24.6. The molecule has 0 aliphatic rings. The first-order chi connectivity index (χ1) is 15.6. The van der Waals surface area contributed by atoms with Crippen molar-refractivity contribution in [2.75, 3.05) is 19.4 Å². The number of aromatic nitrogens is 3. The van der Waals surface area contributed by atoms with Crippen LogP contribution in [0.15, 0.2) is 52.5 Å². The fraction of sp³-hybridized carbons (Fsp3) is 0.227. The Morgan fingerprint density at radius 2 is 1.88 bits per heavy atom. The van der Waals surface area contributed by atoms with Crippen molar-refractivity contribution >= 4 is 45.5 Å². The van der Waals surface area contributed by atoms with Crippen molar-refractivity contribution in [3.8, 4) is 0 Å². The van der Waals surface area contributed by atoms with Crippen molar-refractivity contribution < 1.29 is 17.6 Å². The van der Waals surface area contributed by atoms with Gasteiger partial charge in [-0.3, -0.25) is 9.89 Å². The number of halogens is 1. The van der Waals surface area contributed by atoms with Gasteiger partial charge in [0.05, 0.1) is 10.1 Å². The standard InChI is InChI=1S/C22H24FN5O3S2/c1-14-5-11-18(33(30,31)28(3)4)13-19(14)24-21(29)15(2)32-22-25-20(26-27-22)12-8-16-6-9-17(23)10-7-16/h5-13,15H,1-4H3,(H,24,29)(H,25,26,27)/b12-8+. The number of H-pyrrole nitrogens is 1. The summed E-state index contributed by atoms with van der Waals surface area (Å²) in [5.74, 6) is -0.124. The molecule has 2 N–H and O–H groups in total. The van der Waals surface area contributed by atoms with Gasteiger partial charge < -0.3 is 5.32 Å². The van der Waals surface area contributed by atoms with Crippen LogP contribution in [0.5, 0.6) is 0 Å². The van der Waals surface area contributed by atoms with Crippen LogP contribution < -0.4 is 5.32 Å². The molecule has 0 radical (unpaired) electrons. The van der Waals surface area contributed by atoms with Gasteiger partial charge in [0.15, 0.2) is 0 Å². The number of carbonyl (C=O) groups excluding carboxylic acids is 1. The van der Waals surface area contributed by atoms with E-state index in [9.17, 15) is 17.6 Å². The zero-order valence-corrected chi connectivity index (χ0v) is 20.2. The number of benzene rings is 2. The van der Waals surface area contributed by atoms with Gasteiger partial charge in [-0.1, -0.05) is 36.0 Å². The van der Waals surface area contributed by atoms with Crippen molar-refractivity contribution in [2.24, 2.45) is 0 Å². The highest BCUT2D eigenvalue weighted by molar-refractivity contribution is 8.00. The Balaban J connectivity index is 1.65. The minimum atomic E-state index is -3.62. The van der Waals surface area contributed by atoms with E-state index in [0.717, 1.165) is 27.2 Å². The number of carbonyl (C=O) groups is 1. The Morgan fingerprint density at radius 3 is 2.55 bits per heavy atom. The summed E-state index contributed by atoms with van der Waals surface area (Å²) in [4.78, 5) is 17.1. The Bertz CT molecular complexity index is 1270. The summed E-state index contributed by atoms with van der Waals surface area (Å²) in [7, 11) is -0.717. The fourth-order valence-corrected chi connectivity index (χ4v) is 4.35. The summed E-state index contributed by atoms with van der Waals surface area (Å²) in [6.45, 7) is 3.49. The number of anilines is 1. The summed E-state index contributed by atoms with van der Waals surface area (Å²) >= 11 is 1.16. The van der Waals surface area contributed by atoms with Crippen molar-refractivity contribution in [1.82, 2.24) is 19.5 Å². The maximum atomic E-state index is 13.0. The Kier molecular flexibility index (Phi) is 7.67. The minimum Gasteiger partial charge on any atom is -0.325 e. The number of nitrogens with one attached hydrogen (secondary N) is 2. The van der Waals surface area contributed by atoms with E-state index in [4.69, 9.17) is 0 Å². The normalized spacial score (nSPS) is 12.9. The molecule has 2 aromatic carbocycles. The number of hydrogen-bond acceptors (Lipinski definition) is 6. The summed E-state index contributed by atoms with van der Waals surface area (Å²) < 4.78 is 38.9. The van der Waals surface area contributed by atoms with Crippen LogP contribution in [0.3, 0.4) is 0 Å². The molecule has 174 valence electrons. The molecule has 1 heterocycles. The first-order valence-corrected chi connectivity index (χ1v) is 12.2. The van der Waals surface area contributed by atoms with Crippen LogP contribution >= 0.6 is 11.8 Å². The summed E-state index contributed by atoms with van der Waals surface area (Å²) in [6.07, 6.45) is 3.47. The van der Waals surface area contributed by atoms with Gasteiger partial charge in [-0.25, -0.2) is 22.1 Å². The third-order valence-electron chi connectivity index (χ3n) is 4.68. The zero-order valence-electron chi connectivity index (χ0n) is 18.5. The van der Waals surface area contributed by atoms with Crippen LogP contribution in [-0.4, -0.2) is 53.2 Å². The van der Waals surface area contributed by atoms with Crippen LogP contribution in [-0.2, 0) is 14.8 Å². The SMILES string of the molecule is Cc1ccc(S(=O)(=O)N(C)C)cc1NC(=O)C(C)Sc1n[nH]c(/C=C/c2ccc(F)cc2)n1. The molecule has 1 aromatic heterocycles. The van der Waals surface area contributed by atoms with Gasteiger partial charge >= 0.3 is 0 Å². The molecular weight excluding hydrogens is 465 g/mol. The van der Waals surface area contributed by atoms with Crippen molar-refractivity contribution in [1.29, 1.82) is 0 Å². The van der Waals surface area contributed by atoms with Crippen LogP contribution in [0.25, 0.3) is 12.2 Å². The summed E-state index contributed by atoms with van der Waals surface area (Å²) in [5.41, 5.74) is 1.97. The van der Waals surface area contributed by atoms with Crippen LogP contribution in [0.2, 0.25) is 0 Å². The van der Waals surface area contributed by atoms with Crippen molar-refractivity contribution in [3.05, 3.63) is 65.2 Å². The van der Waals surface area contributed by atoms with E-state index in [-0.39, 0.29) is 16.6 Å². The van der Waals surface area contributed by atoms with E-state index in [1.54, 1.807) is 44.2 Å². The number of sulfonamides is 1. The molecule has 0 bridgehead atoms. The van der Waals surface area contributed by atoms with Gasteiger partial charge in [-0.2, -0.15) is 0 Å². The predicted molar refractivity (Wildman–Crippen MR) is 128 cm³/mol. The molecule has 3 rings (SSSR count). The molecule has 1 unspecified atom stereocenters. The zero-order chi connectivity index (χ0) is 24.2. The van der Waals surface area contributed by atoms with Gasteiger partial charge in [0.25, 0.3) is 0 Å². The molecule has 0 saturated heterocycles. The van der Waals surface area contributed by atoms with Crippen LogP contribution in [0.1, 0.15) is 23.9 Å². The molecule has 0 aliphatic heterocycles. The lowest BCUT2D eigenvalue weighted by Gasteiger charge is -2.15. The van der Waals surface area contributed by atoms with E-state index in [1.165, 1.54) is 38.4 Å². The number of amides is 1. The highest BCUT2D eigenvalue weighted by Gasteiger charge is 2.21. The second kappa shape index (κ2) is 10.3. The van der Waals surface area contributed by atoms with E-state index in [0.29, 0.717) is 16.7 Å². The molecule has 3 aromatic rings. The number of aryl methyl sites for hydroxylation is 1. The largest absolute Gasteiger partial charge is 0.325 e. The lowest BCUT2D eigenvalue weighted by molar-refractivity contribution is -0.115. The number of aromatic amines is 1. The highest BCUT2D eigenvalue weighted by Crippen LogP contribution is 2.25. The third kappa shape index (κ3) is 6.28. The van der Waals surface area contributed by atoms with Crippen molar-refractivity contribution in [3.63, 3.8) is 0 Å². The molecule has 33 heavy (non-hydrogen) atoms. The molecule has 0 fully saturated rings. The first-order valence-electron chi connectivity index (χ1n) is 9.93. The second-order valence-electron chi connectivity index (χ2n) is 7.40. The van der Waals surface area contributed by atoms with Crippen LogP contribution in [0, 0.1) is 12.7 Å². The molecule has 0 aliphatic carbocycles. The number of thioether (sulfide) groups is 1. The smallest absolute Gasteiger partial charge is 0.242 e.